The van der Waals surface area contributed by atoms with Gasteiger partial charge in [0.15, 0.2) is 5.69 Å². The number of halogens is 1. The van der Waals surface area contributed by atoms with Crippen LogP contribution in [0.3, 0.4) is 0 Å². The van der Waals surface area contributed by atoms with Crippen LogP contribution in [0.1, 0.15) is 41.2 Å². The van der Waals surface area contributed by atoms with Crippen molar-refractivity contribution in [3.05, 3.63) is 40.8 Å². The van der Waals surface area contributed by atoms with Crippen molar-refractivity contribution in [1.82, 2.24) is 25.8 Å². The van der Waals surface area contributed by atoms with Crippen molar-refractivity contribution in [3.8, 4) is 0 Å². The first-order valence-corrected chi connectivity index (χ1v) is 8.47. The molecule has 2 aromatic heterocycles. The molecule has 3 rings (SSSR count). The van der Waals surface area contributed by atoms with Crippen molar-refractivity contribution in [2.75, 3.05) is 24.5 Å². The molecule has 25 heavy (non-hydrogen) atoms. The highest BCUT2D eigenvalue weighted by Crippen LogP contribution is 2.15. The molecule has 0 spiro atoms. The van der Waals surface area contributed by atoms with Crippen molar-refractivity contribution in [2.24, 2.45) is 0 Å². The monoisotopic (exact) mass is 364 g/mol. The van der Waals surface area contributed by atoms with Gasteiger partial charge < -0.3 is 15.5 Å². The summed E-state index contributed by atoms with van der Waals surface area (Å²) in [5.74, 6) is 0.812. The van der Waals surface area contributed by atoms with Gasteiger partial charge in [0.1, 0.15) is 5.82 Å². The van der Waals surface area contributed by atoms with E-state index in [0.29, 0.717) is 18.8 Å². The first-order valence-electron chi connectivity index (χ1n) is 8.47. The Morgan fingerprint density at radius 2 is 2.12 bits per heavy atom. The maximum absolute atomic E-state index is 12.4. The molecule has 0 unspecified atom stereocenters. The summed E-state index contributed by atoms with van der Waals surface area (Å²) in [5.41, 5.74) is 3.50. The van der Waals surface area contributed by atoms with E-state index in [0.717, 1.165) is 48.7 Å². The number of nitrogens with zero attached hydrogens (tertiary/aromatic N) is 3. The van der Waals surface area contributed by atoms with Crippen LogP contribution in [0.4, 0.5) is 5.82 Å². The lowest BCUT2D eigenvalue weighted by atomic mass is 10.1. The second-order valence-corrected chi connectivity index (χ2v) is 5.84. The van der Waals surface area contributed by atoms with Crippen LogP contribution in [0.5, 0.6) is 0 Å². The molecule has 1 aliphatic rings. The van der Waals surface area contributed by atoms with Gasteiger partial charge in [0.2, 0.25) is 0 Å². The standard InChI is InChI=1S/C17H24N6O.ClH/c1-3-23(4-2)15-6-5-12(9-19-15)10-20-17(24)16-13-11-18-8-7-14(13)21-22-16;/h5-6,9,18H,3-4,7-8,10-11H2,1-2H3,(H,20,24)(H,21,22);1H. The van der Waals surface area contributed by atoms with E-state index in [1.165, 1.54) is 0 Å². The van der Waals surface area contributed by atoms with Crippen LogP contribution in [0.25, 0.3) is 0 Å². The van der Waals surface area contributed by atoms with Crippen molar-refractivity contribution in [2.45, 2.75) is 33.4 Å². The number of carbonyl (C=O) groups is 1. The zero-order valence-electron chi connectivity index (χ0n) is 14.6. The summed E-state index contributed by atoms with van der Waals surface area (Å²) in [7, 11) is 0. The Kier molecular flexibility index (Phi) is 6.78. The molecule has 1 aliphatic heterocycles. The van der Waals surface area contributed by atoms with E-state index in [1.54, 1.807) is 0 Å². The Morgan fingerprint density at radius 1 is 1.32 bits per heavy atom. The van der Waals surface area contributed by atoms with E-state index >= 15 is 0 Å². The highest BCUT2D eigenvalue weighted by atomic mass is 35.5. The molecule has 0 atom stereocenters. The molecule has 7 nitrogen and oxygen atoms in total. The first-order chi connectivity index (χ1) is 11.7. The SMILES string of the molecule is CCN(CC)c1ccc(CNC(=O)c2n[nH]c3c2CNCC3)cn1.Cl. The van der Waals surface area contributed by atoms with E-state index in [9.17, 15) is 4.79 Å². The molecule has 0 radical (unpaired) electrons. The topological polar surface area (TPSA) is 85.9 Å². The normalized spacial score (nSPS) is 12.9. The fraction of sp³-hybridized carbons (Fsp3) is 0.471. The van der Waals surface area contributed by atoms with E-state index in [-0.39, 0.29) is 18.3 Å². The van der Waals surface area contributed by atoms with Crippen LogP contribution in [0.2, 0.25) is 0 Å². The predicted molar refractivity (Wildman–Crippen MR) is 100 cm³/mol. The number of fused-ring (bicyclic) bond motifs is 1. The molecule has 3 heterocycles. The fourth-order valence-electron chi connectivity index (χ4n) is 2.94. The lowest BCUT2D eigenvalue weighted by molar-refractivity contribution is 0.0944. The average molecular weight is 365 g/mol. The quantitative estimate of drug-likeness (QED) is 0.725. The molecule has 8 heteroatoms. The summed E-state index contributed by atoms with van der Waals surface area (Å²) >= 11 is 0. The van der Waals surface area contributed by atoms with Crippen LogP contribution < -0.4 is 15.5 Å². The second kappa shape index (κ2) is 8.82. The van der Waals surface area contributed by atoms with Gasteiger partial charge in [-0.15, -0.1) is 12.4 Å². The number of aromatic nitrogens is 3. The van der Waals surface area contributed by atoms with E-state index in [4.69, 9.17) is 0 Å². The third-order valence-electron chi connectivity index (χ3n) is 4.37. The lowest BCUT2D eigenvalue weighted by Crippen LogP contribution is -2.28. The second-order valence-electron chi connectivity index (χ2n) is 5.84. The van der Waals surface area contributed by atoms with Gasteiger partial charge in [-0.3, -0.25) is 9.89 Å². The van der Waals surface area contributed by atoms with Gasteiger partial charge in [-0.25, -0.2) is 4.98 Å². The molecule has 1 amide bonds. The van der Waals surface area contributed by atoms with Crippen molar-refractivity contribution >= 4 is 24.1 Å². The molecule has 0 bridgehead atoms. The number of hydrogen-bond acceptors (Lipinski definition) is 5. The van der Waals surface area contributed by atoms with Gasteiger partial charge in [0.25, 0.3) is 5.91 Å². The van der Waals surface area contributed by atoms with Crippen LogP contribution in [-0.4, -0.2) is 40.7 Å². The van der Waals surface area contributed by atoms with Gasteiger partial charge >= 0.3 is 0 Å². The summed E-state index contributed by atoms with van der Waals surface area (Å²) in [5, 5.41) is 13.3. The number of rotatable bonds is 6. The summed E-state index contributed by atoms with van der Waals surface area (Å²) in [6.45, 7) is 8.13. The number of anilines is 1. The Hall–Kier alpha value is -2.12. The summed E-state index contributed by atoms with van der Waals surface area (Å²) in [4.78, 5) is 19.0. The molecule has 0 fully saturated rings. The zero-order valence-corrected chi connectivity index (χ0v) is 15.4. The molecular formula is C17H25ClN6O. The fourth-order valence-corrected chi connectivity index (χ4v) is 2.94. The van der Waals surface area contributed by atoms with Gasteiger partial charge in [0, 0.05) is 56.6 Å². The number of carbonyl (C=O) groups excluding carboxylic acids is 1. The number of pyridine rings is 1. The zero-order chi connectivity index (χ0) is 16.9. The van der Waals surface area contributed by atoms with Crippen LogP contribution in [0, 0.1) is 0 Å². The summed E-state index contributed by atoms with van der Waals surface area (Å²) in [6, 6.07) is 4.00. The summed E-state index contributed by atoms with van der Waals surface area (Å²) < 4.78 is 0. The van der Waals surface area contributed by atoms with Gasteiger partial charge in [-0.2, -0.15) is 5.10 Å². The minimum atomic E-state index is -0.149. The molecule has 3 N–H and O–H groups in total. The predicted octanol–water partition coefficient (Wildman–Crippen LogP) is 1.65. The Balaban J connectivity index is 0.00000225. The van der Waals surface area contributed by atoms with Crippen LogP contribution in [-0.2, 0) is 19.5 Å². The Labute approximate surface area is 154 Å². The maximum Gasteiger partial charge on any atom is 0.272 e. The highest BCUT2D eigenvalue weighted by molar-refractivity contribution is 5.94. The smallest absolute Gasteiger partial charge is 0.272 e. The largest absolute Gasteiger partial charge is 0.357 e. The molecule has 0 saturated heterocycles. The van der Waals surface area contributed by atoms with Crippen molar-refractivity contribution in [1.29, 1.82) is 0 Å². The number of amides is 1. The highest BCUT2D eigenvalue weighted by Gasteiger charge is 2.21. The number of hydrogen-bond donors (Lipinski definition) is 3. The molecule has 0 saturated carbocycles. The lowest BCUT2D eigenvalue weighted by Gasteiger charge is -2.19. The van der Waals surface area contributed by atoms with Crippen molar-refractivity contribution in [3.63, 3.8) is 0 Å². The minimum Gasteiger partial charge on any atom is -0.357 e. The third kappa shape index (κ3) is 4.29. The molecular weight excluding hydrogens is 340 g/mol. The Bertz CT molecular complexity index is 696. The van der Waals surface area contributed by atoms with Crippen LogP contribution >= 0.6 is 12.4 Å². The average Bonchev–Trinajstić information content (AvgIpc) is 3.06. The molecule has 2 aromatic rings. The van der Waals surface area contributed by atoms with Gasteiger partial charge in [-0.1, -0.05) is 6.07 Å². The number of H-pyrrole nitrogens is 1. The van der Waals surface area contributed by atoms with Crippen LogP contribution in [0.15, 0.2) is 18.3 Å². The van der Waals surface area contributed by atoms with Gasteiger partial charge in [0.05, 0.1) is 0 Å². The third-order valence-corrected chi connectivity index (χ3v) is 4.37. The summed E-state index contributed by atoms with van der Waals surface area (Å²) in [6.07, 6.45) is 2.70. The van der Waals surface area contributed by atoms with Crippen molar-refractivity contribution < 1.29 is 4.79 Å². The first kappa shape index (κ1) is 19.2. The van der Waals surface area contributed by atoms with Gasteiger partial charge in [-0.05, 0) is 25.5 Å². The molecule has 0 aromatic carbocycles. The van der Waals surface area contributed by atoms with E-state index < -0.39 is 0 Å². The van der Waals surface area contributed by atoms with E-state index in [1.807, 2.05) is 18.3 Å². The Morgan fingerprint density at radius 3 is 2.80 bits per heavy atom. The molecule has 0 aliphatic carbocycles. The molecule has 136 valence electrons. The number of nitrogens with one attached hydrogen (secondary N) is 3. The number of aromatic amines is 1. The van der Waals surface area contributed by atoms with E-state index in [2.05, 4.69) is 44.6 Å². The minimum absolute atomic E-state index is 0. The maximum atomic E-state index is 12.4.